The van der Waals surface area contributed by atoms with Gasteiger partial charge in [0.2, 0.25) is 5.91 Å². The number of rotatable bonds is 3. The number of benzene rings is 1. The van der Waals surface area contributed by atoms with Gasteiger partial charge in [-0.1, -0.05) is 49.6 Å². The molecule has 0 aromatic heterocycles. The number of alkyl halides is 3. The summed E-state index contributed by atoms with van der Waals surface area (Å²) in [5.41, 5.74) is 0.426. The molecule has 0 saturated heterocycles. The van der Waals surface area contributed by atoms with Gasteiger partial charge in [-0.05, 0) is 37.7 Å². The summed E-state index contributed by atoms with van der Waals surface area (Å²) in [6.07, 6.45) is 0.719. The van der Waals surface area contributed by atoms with Crippen LogP contribution in [0.1, 0.15) is 56.9 Å². The average Bonchev–Trinajstić information content (AvgIpc) is 3.06. The normalized spacial score (nSPS) is 27.0. The fraction of sp³-hybridized carbons (Fsp3) is 0.632. The summed E-state index contributed by atoms with van der Waals surface area (Å²) in [7, 11) is 0. The topological polar surface area (TPSA) is 29.1 Å². The minimum absolute atomic E-state index is 0.0140. The lowest BCUT2D eigenvalue weighted by atomic mass is 9.77. The zero-order valence-electron chi connectivity index (χ0n) is 13.7. The Hall–Kier alpha value is -1.52. The predicted molar refractivity (Wildman–Crippen MR) is 86.5 cm³/mol. The Morgan fingerprint density at radius 3 is 2.33 bits per heavy atom. The van der Waals surface area contributed by atoms with Gasteiger partial charge in [-0.15, -0.1) is 0 Å². The zero-order chi connectivity index (χ0) is 17.2. The SMILES string of the molecule is O=C(NC1CCCC(C(F)(F)F)C1)C1(c2ccccc2)CCCC1. The molecule has 1 N–H and O–H groups in total. The van der Waals surface area contributed by atoms with Crippen molar-refractivity contribution in [2.24, 2.45) is 5.92 Å². The third kappa shape index (κ3) is 3.45. The van der Waals surface area contributed by atoms with E-state index in [1.54, 1.807) is 0 Å². The van der Waals surface area contributed by atoms with Crippen LogP contribution < -0.4 is 5.32 Å². The van der Waals surface area contributed by atoms with E-state index >= 15 is 0 Å². The molecule has 0 radical (unpaired) electrons. The maximum Gasteiger partial charge on any atom is 0.391 e. The second-order valence-electron chi connectivity index (χ2n) is 7.23. The lowest BCUT2D eigenvalue weighted by Crippen LogP contribution is -2.49. The molecule has 0 heterocycles. The Morgan fingerprint density at radius 2 is 1.71 bits per heavy atom. The molecule has 3 rings (SSSR count). The van der Waals surface area contributed by atoms with Crippen molar-refractivity contribution in [2.75, 3.05) is 0 Å². The first kappa shape index (κ1) is 17.3. The molecule has 0 aliphatic heterocycles. The summed E-state index contributed by atoms with van der Waals surface area (Å²) < 4.78 is 38.9. The van der Waals surface area contributed by atoms with E-state index in [1.165, 1.54) is 0 Å². The highest BCUT2D eigenvalue weighted by Crippen LogP contribution is 2.42. The van der Waals surface area contributed by atoms with Gasteiger partial charge in [-0.3, -0.25) is 4.79 Å². The predicted octanol–water partition coefficient (Wildman–Crippen LogP) is 4.74. The van der Waals surface area contributed by atoms with Crippen LogP contribution in [0.25, 0.3) is 0 Å². The van der Waals surface area contributed by atoms with Crippen LogP contribution in [0.5, 0.6) is 0 Å². The van der Waals surface area contributed by atoms with Gasteiger partial charge in [-0.2, -0.15) is 13.2 Å². The Kier molecular flexibility index (Phi) is 4.88. The van der Waals surface area contributed by atoms with Crippen molar-refractivity contribution in [2.45, 2.75) is 69.0 Å². The molecule has 1 aromatic carbocycles. The van der Waals surface area contributed by atoms with Gasteiger partial charge < -0.3 is 5.32 Å². The number of hydrogen-bond donors (Lipinski definition) is 1. The third-order valence-corrected chi connectivity index (χ3v) is 5.69. The van der Waals surface area contributed by atoms with Crippen molar-refractivity contribution in [3.63, 3.8) is 0 Å². The number of carbonyl (C=O) groups excluding carboxylic acids is 1. The van der Waals surface area contributed by atoms with E-state index in [2.05, 4.69) is 5.32 Å². The van der Waals surface area contributed by atoms with E-state index in [9.17, 15) is 18.0 Å². The molecule has 1 aromatic rings. The summed E-state index contributed by atoms with van der Waals surface area (Å²) in [5, 5.41) is 2.96. The fourth-order valence-corrected chi connectivity index (χ4v) is 4.32. The quantitative estimate of drug-likeness (QED) is 0.847. The minimum atomic E-state index is -4.16. The van der Waals surface area contributed by atoms with E-state index in [4.69, 9.17) is 0 Å². The Labute approximate surface area is 140 Å². The number of halogens is 3. The van der Waals surface area contributed by atoms with Gasteiger partial charge in [0.25, 0.3) is 0 Å². The van der Waals surface area contributed by atoms with Crippen molar-refractivity contribution in [3.05, 3.63) is 35.9 Å². The van der Waals surface area contributed by atoms with Crippen molar-refractivity contribution in [1.29, 1.82) is 0 Å². The van der Waals surface area contributed by atoms with Crippen molar-refractivity contribution < 1.29 is 18.0 Å². The molecule has 2 aliphatic rings. The highest BCUT2D eigenvalue weighted by Gasteiger charge is 2.46. The molecule has 0 spiro atoms. The van der Waals surface area contributed by atoms with Crippen LogP contribution in [0.15, 0.2) is 30.3 Å². The number of amides is 1. The highest BCUT2D eigenvalue weighted by atomic mass is 19.4. The number of hydrogen-bond acceptors (Lipinski definition) is 1. The van der Waals surface area contributed by atoms with Crippen molar-refractivity contribution >= 4 is 5.91 Å². The Bertz CT molecular complexity index is 564. The zero-order valence-corrected chi connectivity index (χ0v) is 13.7. The first-order valence-corrected chi connectivity index (χ1v) is 8.85. The van der Waals surface area contributed by atoms with Gasteiger partial charge in [0.05, 0.1) is 11.3 Å². The molecule has 2 saturated carbocycles. The summed E-state index contributed by atoms with van der Waals surface area (Å²) >= 11 is 0. The number of nitrogens with one attached hydrogen (secondary N) is 1. The molecule has 2 fully saturated rings. The van der Waals surface area contributed by atoms with Gasteiger partial charge in [0.1, 0.15) is 0 Å². The molecule has 132 valence electrons. The monoisotopic (exact) mass is 339 g/mol. The van der Waals surface area contributed by atoms with E-state index in [1.807, 2.05) is 30.3 Å². The van der Waals surface area contributed by atoms with Crippen molar-refractivity contribution in [3.8, 4) is 0 Å². The van der Waals surface area contributed by atoms with Crippen LogP contribution in [0, 0.1) is 5.92 Å². The van der Waals surface area contributed by atoms with E-state index in [0.717, 1.165) is 31.2 Å². The summed E-state index contributed by atoms with van der Waals surface area (Å²) in [6, 6.07) is 9.32. The Morgan fingerprint density at radius 1 is 1.04 bits per heavy atom. The average molecular weight is 339 g/mol. The molecule has 2 unspecified atom stereocenters. The largest absolute Gasteiger partial charge is 0.391 e. The first-order chi connectivity index (χ1) is 11.4. The third-order valence-electron chi connectivity index (χ3n) is 5.69. The van der Waals surface area contributed by atoms with Crippen molar-refractivity contribution in [1.82, 2.24) is 5.32 Å². The second-order valence-corrected chi connectivity index (χ2v) is 7.23. The molecule has 24 heavy (non-hydrogen) atoms. The summed E-state index contributed by atoms with van der Waals surface area (Å²) in [6.45, 7) is 0. The molecule has 1 amide bonds. The smallest absolute Gasteiger partial charge is 0.353 e. The maximum atomic E-state index is 13.0. The molecular formula is C19H24F3NO. The van der Waals surface area contributed by atoms with Crippen LogP contribution in [-0.4, -0.2) is 18.1 Å². The van der Waals surface area contributed by atoms with Gasteiger partial charge in [0, 0.05) is 6.04 Å². The summed E-state index contributed by atoms with van der Waals surface area (Å²) in [4.78, 5) is 13.0. The van der Waals surface area contributed by atoms with E-state index < -0.39 is 17.5 Å². The van der Waals surface area contributed by atoms with Gasteiger partial charge in [-0.25, -0.2) is 0 Å². The van der Waals surface area contributed by atoms with Gasteiger partial charge in [0.15, 0.2) is 0 Å². The Balaban J connectivity index is 1.73. The van der Waals surface area contributed by atoms with Crippen LogP contribution >= 0.6 is 0 Å². The fourth-order valence-electron chi connectivity index (χ4n) is 4.32. The van der Waals surface area contributed by atoms with Crippen LogP contribution in [0.2, 0.25) is 0 Å². The second kappa shape index (κ2) is 6.77. The molecule has 0 bridgehead atoms. The number of carbonyl (C=O) groups is 1. The summed E-state index contributed by atoms with van der Waals surface area (Å²) in [5.74, 6) is -1.37. The minimum Gasteiger partial charge on any atom is -0.353 e. The highest BCUT2D eigenvalue weighted by molar-refractivity contribution is 5.88. The van der Waals surface area contributed by atoms with Crippen LogP contribution in [0.4, 0.5) is 13.2 Å². The van der Waals surface area contributed by atoms with E-state index in [-0.39, 0.29) is 24.8 Å². The standard InChI is InChI=1S/C19H24F3NO/c20-19(21,22)15-9-6-10-16(13-15)23-17(24)18(11-4-5-12-18)14-7-2-1-3-8-14/h1-3,7-8,15-16H,4-6,9-13H2,(H,23,24). The molecule has 2 aliphatic carbocycles. The molecule has 2 nitrogen and oxygen atoms in total. The molecule has 2 atom stereocenters. The molecule has 5 heteroatoms. The lowest BCUT2D eigenvalue weighted by Gasteiger charge is -2.35. The van der Waals surface area contributed by atoms with Gasteiger partial charge >= 0.3 is 6.18 Å². The molecular weight excluding hydrogens is 315 g/mol. The van der Waals surface area contributed by atoms with E-state index in [0.29, 0.717) is 12.8 Å². The van der Waals surface area contributed by atoms with Crippen LogP contribution in [0.3, 0.4) is 0 Å². The first-order valence-electron chi connectivity index (χ1n) is 8.85. The maximum absolute atomic E-state index is 13.0. The van der Waals surface area contributed by atoms with Crippen LogP contribution in [-0.2, 0) is 10.2 Å². The lowest BCUT2D eigenvalue weighted by molar-refractivity contribution is -0.184.